The van der Waals surface area contributed by atoms with E-state index in [9.17, 15) is 0 Å². The standard InChI is InChI=1S/C17H14N2/c1-2-6-13-11-14(10-9-12(13)5-1)17-15-7-3-4-8-16(15)18-19-17/h1-11,16,18-19H. The minimum atomic E-state index is 0.284. The lowest BCUT2D eigenvalue weighted by Gasteiger charge is -2.08. The maximum absolute atomic E-state index is 3.31. The van der Waals surface area contributed by atoms with Crippen molar-refractivity contribution in [2.75, 3.05) is 0 Å². The third kappa shape index (κ3) is 1.69. The number of nitrogens with one attached hydrogen (secondary N) is 2. The van der Waals surface area contributed by atoms with Crippen LogP contribution in [0.5, 0.6) is 0 Å². The van der Waals surface area contributed by atoms with Crippen molar-refractivity contribution in [1.29, 1.82) is 0 Å². The van der Waals surface area contributed by atoms with Gasteiger partial charge in [-0.3, -0.25) is 0 Å². The summed E-state index contributed by atoms with van der Waals surface area (Å²) in [5.41, 5.74) is 10.3. The molecule has 1 aliphatic carbocycles. The number of benzene rings is 2. The van der Waals surface area contributed by atoms with E-state index in [1.807, 2.05) is 0 Å². The molecule has 1 heterocycles. The summed E-state index contributed by atoms with van der Waals surface area (Å²) in [4.78, 5) is 0. The zero-order chi connectivity index (χ0) is 12.7. The molecular weight excluding hydrogens is 232 g/mol. The molecule has 2 aliphatic rings. The van der Waals surface area contributed by atoms with Gasteiger partial charge in [-0.1, -0.05) is 60.7 Å². The van der Waals surface area contributed by atoms with Gasteiger partial charge in [0.15, 0.2) is 0 Å². The fraction of sp³-hybridized carbons (Fsp3) is 0.0588. The Balaban J connectivity index is 1.87. The van der Waals surface area contributed by atoms with Crippen LogP contribution >= 0.6 is 0 Å². The first-order chi connectivity index (χ1) is 9.42. The van der Waals surface area contributed by atoms with Crippen LogP contribution in [0.1, 0.15) is 5.56 Å². The van der Waals surface area contributed by atoms with Crippen LogP contribution in [0.15, 0.2) is 72.3 Å². The SMILES string of the molecule is C1=CC2=C(c3ccc4ccccc4c3)NNC2C=C1. The van der Waals surface area contributed by atoms with Gasteiger partial charge in [0.25, 0.3) is 0 Å². The summed E-state index contributed by atoms with van der Waals surface area (Å²) in [6.07, 6.45) is 8.49. The molecule has 19 heavy (non-hydrogen) atoms. The van der Waals surface area contributed by atoms with E-state index in [0.29, 0.717) is 0 Å². The Bertz CT molecular complexity index is 738. The summed E-state index contributed by atoms with van der Waals surface area (Å²) in [6, 6.07) is 15.3. The molecule has 92 valence electrons. The average molecular weight is 246 g/mol. The van der Waals surface area contributed by atoms with Crippen LogP contribution in [0.25, 0.3) is 16.5 Å². The van der Waals surface area contributed by atoms with Gasteiger partial charge in [0.1, 0.15) is 0 Å². The van der Waals surface area contributed by atoms with Crippen LogP contribution in [0.2, 0.25) is 0 Å². The van der Waals surface area contributed by atoms with Crippen molar-refractivity contribution in [3.63, 3.8) is 0 Å². The van der Waals surface area contributed by atoms with Gasteiger partial charge in [0.05, 0.1) is 11.7 Å². The van der Waals surface area contributed by atoms with Crippen LogP contribution in [-0.2, 0) is 0 Å². The molecule has 2 heteroatoms. The Labute approximate surface area is 112 Å². The topological polar surface area (TPSA) is 24.1 Å². The summed E-state index contributed by atoms with van der Waals surface area (Å²) in [6.45, 7) is 0. The van der Waals surface area contributed by atoms with Crippen LogP contribution in [0.3, 0.4) is 0 Å². The molecule has 2 nitrogen and oxygen atoms in total. The Kier molecular flexibility index (Phi) is 2.29. The van der Waals surface area contributed by atoms with Gasteiger partial charge in [-0.15, -0.1) is 0 Å². The third-order valence-corrected chi connectivity index (χ3v) is 3.71. The highest BCUT2D eigenvalue weighted by atomic mass is 15.4. The van der Waals surface area contributed by atoms with Gasteiger partial charge in [-0.05, 0) is 28.0 Å². The van der Waals surface area contributed by atoms with Crippen molar-refractivity contribution >= 4 is 16.5 Å². The highest BCUT2D eigenvalue weighted by Crippen LogP contribution is 2.28. The summed E-state index contributed by atoms with van der Waals surface area (Å²) in [5, 5.41) is 2.55. The first-order valence-electron chi connectivity index (χ1n) is 6.51. The van der Waals surface area contributed by atoms with Gasteiger partial charge >= 0.3 is 0 Å². The predicted molar refractivity (Wildman–Crippen MR) is 79.2 cm³/mol. The number of hydrogen-bond acceptors (Lipinski definition) is 2. The minimum Gasteiger partial charge on any atom is -0.320 e. The maximum Gasteiger partial charge on any atom is 0.0714 e. The second-order valence-corrected chi connectivity index (χ2v) is 4.88. The summed E-state index contributed by atoms with van der Waals surface area (Å²) < 4.78 is 0. The molecule has 2 N–H and O–H groups in total. The fourth-order valence-electron chi connectivity index (χ4n) is 2.71. The zero-order valence-corrected chi connectivity index (χ0v) is 10.4. The lowest BCUT2D eigenvalue weighted by atomic mass is 9.97. The lowest BCUT2D eigenvalue weighted by Crippen LogP contribution is -2.31. The first kappa shape index (κ1) is 10.6. The van der Waals surface area contributed by atoms with E-state index >= 15 is 0 Å². The largest absolute Gasteiger partial charge is 0.320 e. The van der Waals surface area contributed by atoms with Crippen molar-refractivity contribution in [2.24, 2.45) is 0 Å². The van der Waals surface area contributed by atoms with Gasteiger partial charge in [0.2, 0.25) is 0 Å². The molecule has 0 aromatic heterocycles. The van der Waals surface area contributed by atoms with Gasteiger partial charge < -0.3 is 5.43 Å². The third-order valence-electron chi connectivity index (χ3n) is 3.71. The van der Waals surface area contributed by atoms with E-state index in [1.165, 1.54) is 27.6 Å². The maximum atomic E-state index is 3.31. The number of rotatable bonds is 1. The zero-order valence-electron chi connectivity index (χ0n) is 10.4. The average Bonchev–Trinajstić information content (AvgIpc) is 2.91. The highest BCUT2D eigenvalue weighted by molar-refractivity contribution is 5.87. The molecule has 2 aromatic rings. The van der Waals surface area contributed by atoms with Crippen LogP contribution in [0, 0.1) is 0 Å². The number of hydrogen-bond donors (Lipinski definition) is 2. The van der Waals surface area contributed by atoms with E-state index in [0.717, 1.165) is 0 Å². The van der Waals surface area contributed by atoms with Crippen LogP contribution < -0.4 is 10.9 Å². The lowest BCUT2D eigenvalue weighted by molar-refractivity contribution is 0.656. The Morgan fingerprint density at radius 3 is 2.74 bits per heavy atom. The number of allylic oxidation sites excluding steroid dienone is 2. The Hall–Kier alpha value is -2.32. The van der Waals surface area contributed by atoms with E-state index in [-0.39, 0.29) is 6.04 Å². The molecule has 1 aliphatic heterocycles. The number of fused-ring (bicyclic) bond motifs is 2. The molecule has 1 unspecified atom stereocenters. The van der Waals surface area contributed by atoms with Crippen molar-refractivity contribution in [3.05, 3.63) is 77.9 Å². The first-order valence-corrected chi connectivity index (χ1v) is 6.51. The molecule has 0 fully saturated rings. The summed E-state index contributed by atoms with van der Waals surface area (Å²) in [7, 11) is 0. The molecule has 0 saturated heterocycles. The number of hydrazine groups is 1. The molecule has 0 saturated carbocycles. The molecule has 0 spiro atoms. The van der Waals surface area contributed by atoms with Crippen LogP contribution in [0.4, 0.5) is 0 Å². The van der Waals surface area contributed by atoms with Crippen molar-refractivity contribution in [3.8, 4) is 0 Å². The second kappa shape index (κ2) is 4.11. The molecule has 0 radical (unpaired) electrons. The van der Waals surface area contributed by atoms with Crippen LogP contribution in [-0.4, -0.2) is 6.04 Å². The molecule has 4 rings (SSSR count). The van der Waals surface area contributed by atoms with E-state index in [4.69, 9.17) is 0 Å². The molecule has 1 atom stereocenters. The molecule has 0 bridgehead atoms. The highest BCUT2D eigenvalue weighted by Gasteiger charge is 2.23. The van der Waals surface area contributed by atoms with Gasteiger partial charge in [-0.2, -0.15) is 0 Å². The predicted octanol–water partition coefficient (Wildman–Crippen LogP) is 3.15. The fourth-order valence-corrected chi connectivity index (χ4v) is 2.71. The molecule has 0 amide bonds. The van der Waals surface area contributed by atoms with E-state index < -0.39 is 0 Å². The van der Waals surface area contributed by atoms with Gasteiger partial charge in [0, 0.05) is 0 Å². The molecule has 2 aromatic carbocycles. The quantitative estimate of drug-likeness (QED) is 0.807. The minimum absolute atomic E-state index is 0.284. The second-order valence-electron chi connectivity index (χ2n) is 4.88. The normalized spacial score (nSPS) is 20.7. The van der Waals surface area contributed by atoms with Crippen molar-refractivity contribution in [2.45, 2.75) is 6.04 Å². The van der Waals surface area contributed by atoms with Crippen molar-refractivity contribution < 1.29 is 0 Å². The Morgan fingerprint density at radius 1 is 0.895 bits per heavy atom. The van der Waals surface area contributed by atoms with E-state index in [2.05, 4.69) is 77.6 Å². The summed E-state index contributed by atoms with van der Waals surface area (Å²) >= 11 is 0. The smallest absolute Gasteiger partial charge is 0.0714 e. The van der Waals surface area contributed by atoms with Crippen molar-refractivity contribution in [1.82, 2.24) is 10.9 Å². The molecular formula is C17H14N2. The monoisotopic (exact) mass is 246 g/mol. The van der Waals surface area contributed by atoms with E-state index in [1.54, 1.807) is 0 Å². The Morgan fingerprint density at radius 2 is 1.79 bits per heavy atom. The van der Waals surface area contributed by atoms with Gasteiger partial charge in [-0.25, -0.2) is 5.43 Å². The summed E-state index contributed by atoms with van der Waals surface area (Å²) in [5.74, 6) is 0.